The van der Waals surface area contributed by atoms with E-state index in [0.29, 0.717) is 11.4 Å². The zero-order valence-electron chi connectivity index (χ0n) is 14.6. The molecule has 0 aliphatic carbocycles. The standard InChI is InChI=1S/C20H20N4O/c1-4-15-6-5-13(2)9-17(15)18-11-23-19(12-22-18)24-20(25)16-7-8-21-10-14(16)3/h5-12H,4H2,1-3H3,(H,23,24,25). The van der Waals surface area contributed by atoms with Crippen molar-refractivity contribution in [2.24, 2.45) is 0 Å². The molecule has 0 radical (unpaired) electrons. The number of aromatic nitrogens is 3. The Hall–Kier alpha value is -3.08. The van der Waals surface area contributed by atoms with Crippen LogP contribution < -0.4 is 5.32 Å². The van der Waals surface area contributed by atoms with E-state index >= 15 is 0 Å². The Bertz CT molecular complexity index is 904. The summed E-state index contributed by atoms with van der Waals surface area (Å²) in [7, 11) is 0. The maximum atomic E-state index is 12.3. The number of hydrogen-bond donors (Lipinski definition) is 1. The third-order valence-corrected chi connectivity index (χ3v) is 4.08. The number of nitrogens with zero attached hydrogens (tertiary/aromatic N) is 3. The van der Waals surface area contributed by atoms with Gasteiger partial charge in [0.05, 0.1) is 18.1 Å². The summed E-state index contributed by atoms with van der Waals surface area (Å²) in [5.74, 6) is 0.211. The van der Waals surface area contributed by atoms with Gasteiger partial charge in [0.1, 0.15) is 0 Å². The number of aryl methyl sites for hydroxylation is 3. The Balaban J connectivity index is 1.83. The molecule has 126 valence electrons. The molecule has 0 bridgehead atoms. The van der Waals surface area contributed by atoms with Crippen LogP contribution in [0.5, 0.6) is 0 Å². The summed E-state index contributed by atoms with van der Waals surface area (Å²) >= 11 is 0. The molecule has 0 aliphatic heterocycles. The van der Waals surface area contributed by atoms with Crippen LogP contribution in [0.4, 0.5) is 5.82 Å². The van der Waals surface area contributed by atoms with E-state index in [-0.39, 0.29) is 5.91 Å². The third-order valence-electron chi connectivity index (χ3n) is 4.08. The molecule has 5 heteroatoms. The first kappa shape index (κ1) is 16.8. The van der Waals surface area contributed by atoms with E-state index in [1.165, 1.54) is 11.1 Å². The number of rotatable bonds is 4. The summed E-state index contributed by atoms with van der Waals surface area (Å²) in [6.07, 6.45) is 7.47. The summed E-state index contributed by atoms with van der Waals surface area (Å²) in [6.45, 7) is 6.02. The van der Waals surface area contributed by atoms with Crippen molar-refractivity contribution in [1.29, 1.82) is 0 Å². The van der Waals surface area contributed by atoms with Gasteiger partial charge in [-0.2, -0.15) is 0 Å². The quantitative estimate of drug-likeness (QED) is 0.785. The van der Waals surface area contributed by atoms with E-state index in [4.69, 9.17) is 0 Å². The molecule has 3 rings (SSSR count). The van der Waals surface area contributed by atoms with Crippen LogP contribution in [-0.4, -0.2) is 20.9 Å². The molecule has 5 nitrogen and oxygen atoms in total. The highest BCUT2D eigenvalue weighted by Crippen LogP contribution is 2.24. The molecule has 0 saturated heterocycles. The number of nitrogens with one attached hydrogen (secondary N) is 1. The van der Waals surface area contributed by atoms with Crippen LogP contribution in [0.3, 0.4) is 0 Å². The molecule has 0 saturated carbocycles. The largest absolute Gasteiger partial charge is 0.305 e. The number of benzene rings is 1. The lowest BCUT2D eigenvalue weighted by Gasteiger charge is -2.10. The first-order chi connectivity index (χ1) is 12.1. The second-order valence-electron chi connectivity index (χ2n) is 5.95. The summed E-state index contributed by atoms with van der Waals surface area (Å²) in [6, 6.07) is 8.02. The van der Waals surface area contributed by atoms with Crippen molar-refractivity contribution in [2.75, 3.05) is 5.32 Å². The van der Waals surface area contributed by atoms with E-state index in [2.05, 4.69) is 52.3 Å². The van der Waals surface area contributed by atoms with Crippen molar-refractivity contribution >= 4 is 11.7 Å². The lowest BCUT2D eigenvalue weighted by atomic mass is 10.0. The molecule has 2 aromatic heterocycles. The molecule has 1 N–H and O–H groups in total. The van der Waals surface area contributed by atoms with E-state index < -0.39 is 0 Å². The molecule has 0 spiro atoms. The van der Waals surface area contributed by atoms with Crippen molar-refractivity contribution in [3.63, 3.8) is 0 Å². The van der Waals surface area contributed by atoms with Gasteiger partial charge >= 0.3 is 0 Å². The lowest BCUT2D eigenvalue weighted by Crippen LogP contribution is -2.14. The van der Waals surface area contributed by atoms with Gasteiger partial charge in [-0.05, 0) is 43.5 Å². The Kier molecular flexibility index (Phi) is 4.84. The van der Waals surface area contributed by atoms with Crippen LogP contribution in [0.15, 0.2) is 49.1 Å². The van der Waals surface area contributed by atoms with Gasteiger partial charge in [0.2, 0.25) is 0 Å². The number of carbonyl (C=O) groups is 1. The minimum atomic E-state index is -0.216. The Morgan fingerprint density at radius 1 is 1.08 bits per heavy atom. The first-order valence-corrected chi connectivity index (χ1v) is 8.22. The second-order valence-corrected chi connectivity index (χ2v) is 5.95. The fraction of sp³-hybridized carbons (Fsp3) is 0.200. The van der Waals surface area contributed by atoms with Crippen molar-refractivity contribution in [3.8, 4) is 11.3 Å². The zero-order valence-corrected chi connectivity index (χ0v) is 14.6. The topological polar surface area (TPSA) is 67.8 Å². The Morgan fingerprint density at radius 2 is 1.92 bits per heavy atom. The number of carbonyl (C=O) groups excluding carboxylic acids is 1. The van der Waals surface area contributed by atoms with E-state index in [1.54, 1.807) is 30.9 Å². The summed E-state index contributed by atoms with van der Waals surface area (Å²) in [5, 5.41) is 2.78. The van der Waals surface area contributed by atoms with Gasteiger partial charge in [-0.25, -0.2) is 4.98 Å². The summed E-state index contributed by atoms with van der Waals surface area (Å²) in [4.78, 5) is 25.1. The van der Waals surface area contributed by atoms with Crippen molar-refractivity contribution < 1.29 is 4.79 Å². The molecule has 25 heavy (non-hydrogen) atoms. The third kappa shape index (κ3) is 3.71. The maximum absolute atomic E-state index is 12.3. The Morgan fingerprint density at radius 3 is 2.60 bits per heavy atom. The summed E-state index contributed by atoms with van der Waals surface area (Å²) in [5.41, 5.74) is 5.69. The zero-order chi connectivity index (χ0) is 17.8. The van der Waals surface area contributed by atoms with Gasteiger partial charge in [0.25, 0.3) is 5.91 Å². The fourth-order valence-electron chi connectivity index (χ4n) is 2.68. The van der Waals surface area contributed by atoms with Gasteiger partial charge in [-0.15, -0.1) is 0 Å². The van der Waals surface area contributed by atoms with Crippen molar-refractivity contribution in [1.82, 2.24) is 15.0 Å². The van der Waals surface area contributed by atoms with Crippen LogP contribution in [-0.2, 0) is 6.42 Å². The van der Waals surface area contributed by atoms with Crippen LogP contribution in [0.2, 0.25) is 0 Å². The summed E-state index contributed by atoms with van der Waals surface area (Å²) < 4.78 is 0. The highest BCUT2D eigenvalue weighted by Gasteiger charge is 2.11. The molecule has 2 heterocycles. The van der Waals surface area contributed by atoms with Crippen molar-refractivity contribution in [2.45, 2.75) is 27.2 Å². The minimum absolute atomic E-state index is 0.216. The van der Waals surface area contributed by atoms with Gasteiger partial charge in [0.15, 0.2) is 5.82 Å². The first-order valence-electron chi connectivity index (χ1n) is 8.22. The van der Waals surface area contributed by atoms with Crippen LogP contribution in [0.25, 0.3) is 11.3 Å². The number of amides is 1. The molecular formula is C20H20N4O. The van der Waals surface area contributed by atoms with Gasteiger partial charge in [-0.1, -0.05) is 24.6 Å². The normalized spacial score (nSPS) is 10.5. The van der Waals surface area contributed by atoms with E-state index in [1.807, 2.05) is 6.92 Å². The molecule has 3 aromatic rings. The van der Waals surface area contributed by atoms with E-state index in [9.17, 15) is 4.79 Å². The van der Waals surface area contributed by atoms with Crippen LogP contribution in [0, 0.1) is 13.8 Å². The average molecular weight is 332 g/mol. The monoisotopic (exact) mass is 332 g/mol. The van der Waals surface area contributed by atoms with Crippen molar-refractivity contribution in [3.05, 3.63) is 71.3 Å². The minimum Gasteiger partial charge on any atom is -0.305 e. The maximum Gasteiger partial charge on any atom is 0.257 e. The lowest BCUT2D eigenvalue weighted by molar-refractivity contribution is 0.102. The van der Waals surface area contributed by atoms with E-state index in [0.717, 1.165) is 23.2 Å². The highest BCUT2D eigenvalue weighted by molar-refractivity contribution is 6.04. The molecule has 0 fully saturated rings. The van der Waals surface area contributed by atoms with Crippen LogP contribution in [0.1, 0.15) is 34.0 Å². The average Bonchev–Trinajstić information content (AvgIpc) is 2.62. The molecule has 1 aromatic carbocycles. The SMILES string of the molecule is CCc1ccc(C)cc1-c1cnc(NC(=O)c2ccncc2C)cn1. The number of anilines is 1. The second kappa shape index (κ2) is 7.21. The van der Waals surface area contributed by atoms with Gasteiger partial charge < -0.3 is 5.32 Å². The highest BCUT2D eigenvalue weighted by atomic mass is 16.1. The van der Waals surface area contributed by atoms with Gasteiger partial charge in [0, 0.05) is 23.5 Å². The number of hydrogen-bond acceptors (Lipinski definition) is 4. The van der Waals surface area contributed by atoms with Crippen LogP contribution >= 0.6 is 0 Å². The number of pyridine rings is 1. The predicted molar refractivity (Wildman–Crippen MR) is 98.5 cm³/mol. The molecule has 0 aliphatic rings. The molecule has 1 amide bonds. The molecular weight excluding hydrogens is 312 g/mol. The fourth-order valence-corrected chi connectivity index (χ4v) is 2.68. The predicted octanol–water partition coefficient (Wildman–Crippen LogP) is 3.97. The Labute approximate surface area is 147 Å². The van der Waals surface area contributed by atoms with Gasteiger partial charge in [-0.3, -0.25) is 14.8 Å². The smallest absolute Gasteiger partial charge is 0.257 e. The molecule has 0 atom stereocenters. The molecule has 0 unspecified atom stereocenters.